The SMILES string of the molecule is CC(=O)OC[C@H](OC(C)=O)[C@H](/C=C/C(=O)N1CCC1)OC(C)=O. The first-order chi connectivity index (χ1) is 10.8. The number of ether oxygens (including phenoxy) is 3. The fourth-order valence-electron chi connectivity index (χ4n) is 1.86. The molecule has 0 spiro atoms. The van der Waals surface area contributed by atoms with Gasteiger partial charge in [-0.15, -0.1) is 0 Å². The smallest absolute Gasteiger partial charge is 0.303 e. The summed E-state index contributed by atoms with van der Waals surface area (Å²) in [4.78, 5) is 46.8. The number of nitrogens with zero attached hydrogens (tertiary/aromatic N) is 1. The lowest BCUT2D eigenvalue weighted by molar-refractivity contribution is -0.169. The van der Waals surface area contributed by atoms with Gasteiger partial charge in [0, 0.05) is 39.9 Å². The highest BCUT2D eigenvalue weighted by molar-refractivity contribution is 5.88. The molecule has 0 aromatic rings. The fraction of sp³-hybridized carbons (Fsp3) is 0.600. The van der Waals surface area contributed by atoms with Crippen LogP contribution in [-0.2, 0) is 33.4 Å². The van der Waals surface area contributed by atoms with Gasteiger partial charge in [0.1, 0.15) is 6.61 Å². The third kappa shape index (κ3) is 6.94. The lowest BCUT2D eigenvalue weighted by atomic mass is 10.1. The Bertz CT molecular complexity index is 496. The number of carbonyl (C=O) groups excluding carboxylic acids is 4. The van der Waals surface area contributed by atoms with E-state index in [1.54, 1.807) is 4.90 Å². The molecule has 1 fully saturated rings. The summed E-state index contributed by atoms with van der Waals surface area (Å²) in [6.45, 7) is 4.66. The zero-order valence-electron chi connectivity index (χ0n) is 13.4. The number of amides is 1. The lowest BCUT2D eigenvalue weighted by Crippen LogP contribution is -2.41. The molecule has 0 unspecified atom stereocenters. The second-order valence-corrected chi connectivity index (χ2v) is 5.06. The van der Waals surface area contributed by atoms with E-state index in [9.17, 15) is 19.2 Å². The number of carbonyl (C=O) groups is 4. The summed E-state index contributed by atoms with van der Waals surface area (Å²) in [5.74, 6) is -2.02. The molecule has 1 aliphatic rings. The minimum Gasteiger partial charge on any atom is -0.462 e. The molecular weight excluding hydrogens is 306 g/mol. The van der Waals surface area contributed by atoms with Crippen LogP contribution in [0, 0.1) is 0 Å². The first kappa shape index (κ1) is 18.7. The second-order valence-electron chi connectivity index (χ2n) is 5.06. The van der Waals surface area contributed by atoms with E-state index in [1.807, 2.05) is 0 Å². The summed E-state index contributed by atoms with van der Waals surface area (Å²) in [5.41, 5.74) is 0. The molecule has 8 nitrogen and oxygen atoms in total. The maximum Gasteiger partial charge on any atom is 0.303 e. The Morgan fingerprint density at radius 1 is 1.00 bits per heavy atom. The van der Waals surface area contributed by atoms with Crippen molar-refractivity contribution in [1.82, 2.24) is 4.90 Å². The van der Waals surface area contributed by atoms with Gasteiger partial charge in [0.05, 0.1) is 0 Å². The van der Waals surface area contributed by atoms with Gasteiger partial charge >= 0.3 is 17.9 Å². The molecule has 1 heterocycles. The van der Waals surface area contributed by atoms with Crippen LogP contribution in [-0.4, -0.2) is 60.6 Å². The number of hydrogen-bond acceptors (Lipinski definition) is 7. The van der Waals surface area contributed by atoms with Crippen LogP contribution >= 0.6 is 0 Å². The zero-order valence-corrected chi connectivity index (χ0v) is 13.4. The first-order valence-corrected chi connectivity index (χ1v) is 7.24. The molecule has 0 bridgehead atoms. The van der Waals surface area contributed by atoms with E-state index in [4.69, 9.17) is 14.2 Å². The predicted molar refractivity (Wildman–Crippen MR) is 78.1 cm³/mol. The van der Waals surface area contributed by atoms with Crippen molar-refractivity contribution in [1.29, 1.82) is 0 Å². The highest BCUT2D eigenvalue weighted by Crippen LogP contribution is 2.11. The van der Waals surface area contributed by atoms with Gasteiger partial charge in [0.25, 0.3) is 0 Å². The molecule has 0 N–H and O–H groups in total. The summed E-state index contributed by atoms with van der Waals surface area (Å²) < 4.78 is 14.9. The van der Waals surface area contributed by atoms with Gasteiger partial charge in [-0.1, -0.05) is 0 Å². The van der Waals surface area contributed by atoms with Gasteiger partial charge in [-0.3, -0.25) is 19.2 Å². The Hall–Kier alpha value is -2.38. The van der Waals surface area contributed by atoms with E-state index < -0.39 is 30.1 Å². The van der Waals surface area contributed by atoms with E-state index >= 15 is 0 Å². The zero-order chi connectivity index (χ0) is 17.4. The molecule has 0 aromatic carbocycles. The fourth-order valence-corrected chi connectivity index (χ4v) is 1.86. The van der Waals surface area contributed by atoms with E-state index in [0.29, 0.717) is 13.1 Å². The van der Waals surface area contributed by atoms with Crippen molar-refractivity contribution in [2.45, 2.75) is 39.4 Å². The maximum atomic E-state index is 11.8. The van der Waals surface area contributed by atoms with Crippen LogP contribution in [0.15, 0.2) is 12.2 Å². The van der Waals surface area contributed by atoms with E-state index in [0.717, 1.165) is 6.42 Å². The molecule has 0 aliphatic carbocycles. The van der Waals surface area contributed by atoms with Crippen molar-refractivity contribution in [3.63, 3.8) is 0 Å². The van der Waals surface area contributed by atoms with Gasteiger partial charge in [0.2, 0.25) is 5.91 Å². The standard InChI is InChI=1S/C15H21NO7/c1-10(17)21-9-14(23-12(3)19)13(22-11(2)18)5-6-15(20)16-7-4-8-16/h5-6,13-14H,4,7-9H2,1-3H3/b6-5+/t13-,14-/m0/s1. The summed E-state index contributed by atoms with van der Waals surface area (Å²) in [6.07, 6.45) is 1.49. The number of likely N-dealkylation sites (tertiary alicyclic amines) is 1. The van der Waals surface area contributed by atoms with E-state index in [2.05, 4.69) is 0 Å². The van der Waals surface area contributed by atoms with Crippen LogP contribution in [0.5, 0.6) is 0 Å². The molecule has 0 aromatic heterocycles. The normalized spacial score (nSPS) is 16.2. The molecule has 8 heteroatoms. The van der Waals surface area contributed by atoms with Crippen LogP contribution in [0.4, 0.5) is 0 Å². The molecule has 0 saturated carbocycles. The second kappa shape index (κ2) is 8.92. The van der Waals surface area contributed by atoms with Crippen molar-refractivity contribution in [2.75, 3.05) is 19.7 Å². The van der Waals surface area contributed by atoms with Crippen molar-refractivity contribution in [3.8, 4) is 0 Å². The molecule has 1 amide bonds. The quantitative estimate of drug-likeness (QED) is 0.374. The predicted octanol–water partition coefficient (Wildman–Crippen LogP) is 0.201. The Kier molecular flexibility index (Phi) is 7.24. The van der Waals surface area contributed by atoms with Gasteiger partial charge in [-0.25, -0.2) is 0 Å². The average molecular weight is 327 g/mol. The van der Waals surface area contributed by atoms with E-state index in [-0.39, 0.29) is 12.5 Å². The Morgan fingerprint density at radius 2 is 1.61 bits per heavy atom. The minimum absolute atomic E-state index is 0.220. The van der Waals surface area contributed by atoms with Crippen LogP contribution < -0.4 is 0 Å². The van der Waals surface area contributed by atoms with Gasteiger partial charge < -0.3 is 19.1 Å². The van der Waals surface area contributed by atoms with E-state index in [1.165, 1.54) is 32.9 Å². The molecule has 0 radical (unpaired) electrons. The Balaban J connectivity index is 2.81. The van der Waals surface area contributed by atoms with Crippen molar-refractivity contribution >= 4 is 23.8 Å². The number of rotatable bonds is 7. The molecular formula is C15H21NO7. The molecule has 1 saturated heterocycles. The van der Waals surface area contributed by atoms with Crippen LogP contribution in [0.3, 0.4) is 0 Å². The molecule has 23 heavy (non-hydrogen) atoms. The van der Waals surface area contributed by atoms with Crippen LogP contribution in [0.25, 0.3) is 0 Å². The maximum absolute atomic E-state index is 11.8. The Labute approximate surface area is 134 Å². The highest BCUT2D eigenvalue weighted by atomic mass is 16.6. The van der Waals surface area contributed by atoms with Crippen molar-refractivity contribution < 1.29 is 33.4 Å². The first-order valence-electron chi connectivity index (χ1n) is 7.24. The van der Waals surface area contributed by atoms with Crippen molar-refractivity contribution in [3.05, 3.63) is 12.2 Å². The monoisotopic (exact) mass is 327 g/mol. The minimum atomic E-state index is -1.03. The Morgan fingerprint density at radius 3 is 2.04 bits per heavy atom. The van der Waals surface area contributed by atoms with Gasteiger partial charge in [0.15, 0.2) is 12.2 Å². The lowest BCUT2D eigenvalue weighted by Gasteiger charge is -2.30. The number of hydrogen-bond donors (Lipinski definition) is 0. The third-order valence-electron chi connectivity index (χ3n) is 3.03. The highest BCUT2D eigenvalue weighted by Gasteiger charge is 2.27. The van der Waals surface area contributed by atoms with Crippen molar-refractivity contribution in [2.24, 2.45) is 0 Å². The average Bonchev–Trinajstić information content (AvgIpc) is 2.36. The van der Waals surface area contributed by atoms with Crippen LogP contribution in [0.2, 0.25) is 0 Å². The molecule has 1 aliphatic heterocycles. The summed E-state index contributed by atoms with van der Waals surface area (Å²) in [6, 6.07) is 0. The molecule has 1 rings (SSSR count). The molecule has 2 atom stereocenters. The largest absolute Gasteiger partial charge is 0.462 e. The number of esters is 3. The summed E-state index contributed by atoms with van der Waals surface area (Å²) in [7, 11) is 0. The molecule has 128 valence electrons. The summed E-state index contributed by atoms with van der Waals surface area (Å²) >= 11 is 0. The third-order valence-corrected chi connectivity index (χ3v) is 3.03. The van der Waals surface area contributed by atoms with Gasteiger partial charge in [-0.2, -0.15) is 0 Å². The van der Waals surface area contributed by atoms with Crippen LogP contribution in [0.1, 0.15) is 27.2 Å². The summed E-state index contributed by atoms with van der Waals surface area (Å²) in [5, 5.41) is 0. The topological polar surface area (TPSA) is 99.2 Å². The van der Waals surface area contributed by atoms with Gasteiger partial charge in [-0.05, 0) is 12.5 Å².